The summed E-state index contributed by atoms with van der Waals surface area (Å²) in [6.07, 6.45) is 3.99. The van der Waals surface area contributed by atoms with Gasteiger partial charge in [0.25, 0.3) is 5.91 Å². The summed E-state index contributed by atoms with van der Waals surface area (Å²) in [4.78, 5) is 16.3. The van der Waals surface area contributed by atoms with E-state index in [9.17, 15) is 4.79 Å². The van der Waals surface area contributed by atoms with E-state index in [1.165, 1.54) is 0 Å². The number of methoxy groups -OCH3 is 2. The van der Waals surface area contributed by atoms with E-state index in [2.05, 4.69) is 15.6 Å². The zero-order chi connectivity index (χ0) is 17.4. The van der Waals surface area contributed by atoms with Gasteiger partial charge in [-0.2, -0.15) is 0 Å². The Bertz CT molecular complexity index is 689. The predicted molar refractivity (Wildman–Crippen MR) is 94.1 cm³/mol. The number of nitrogens with zero attached hydrogens (tertiary/aromatic N) is 1. The third-order valence-electron chi connectivity index (χ3n) is 3.45. The van der Waals surface area contributed by atoms with Crippen LogP contribution in [0.5, 0.6) is 5.75 Å². The number of carbonyl (C=O) groups excluding carboxylic acids is 1. The first kappa shape index (κ1) is 17.7. The van der Waals surface area contributed by atoms with Crippen molar-refractivity contribution in [3.8, 4) is 5.75 Å². The molecule has 0 unspecified atom stereocenters. The summed E-state index contributed by atoms with van der Waals surface area (Å²) in [7, 11) is 3.26. The summed E-state index contributed by atoms with van der Waals surface area (Å²) in [5.41, 5.74) is 3.17. The molecule has 0 bridgehead atoms. The van der Waals surface area contributed by atoms with E-state index < -0.39 is 0 Å². The highest BCUT2D eigenvalue weighted by atomic mass is 16.5. The van der Waals surface area contributed by atoms with Gasteiger partial charge in [0.15, 0.2) is 0 Å². The van der Waals surface area contributed by atoms with Gasteiger partial charge in [-0.25, -0.2) is 0 Å². The molecule has 1 aromatic heterocycles. The van der Waals surface area contributed by atoms with Crippen molar-refractivity contribution in [2.75, 3.05) is 32.7 Å². The van der Waals surface area contributed by atoms with Crippen LogP contribution >= 0.6 is 0 Å². The average molecular weight is 329 g/mol. The molecular formula is C18H23N3O3. The summed E-state index contributed by atoms with van der Waals surface area (Å²) in [6, 6.07) is 7.63. The molecule has 0 saturated heterocycles. The Labute approximate surface area is 142 Å². The van der Waals surface area contributed by atoms with Gasteiger partial charge >= 0.3 is 0 Å². The number of hydrogen-bond donors (Lipinski definition) is 2. The highest BCUT2D eigenvalue weighted by molar-refractivity contribution is 5.94. The lowest BCUT2D eigenvalue weighted by molar-refractivity contribution is 0.0948. The SMILES string of the molecule is COCCCNC(=O)c1cncc(Nc2cc(C)ccc2OC)c1. The molecule has 0 aliphatic rings. The molecule has 0 radical (unpaired) electrons. The Morgan fingerprint density at radius 2 is 2.04 bits per heavy atom. The molecule has 0 aliphatic heterocycles. The van der Waals surface area contributed by atoms with Crippen molar-refractivity contribution < 1.29 is 14.3 Å². The highest BCUT2D eigenvalue weighted by Crippen LogP contribution is 2.28. The molecule has 0 fully saturated rings. The molecule has 2 rings (SSSR count). The van der Waals surface area contributed by atoms with Crippen molar-refractivity contribution in [1.82, 2.24) is 10.3 Å². The lowest BCUT2D eigenvalue weighted by Gasteiger charge is -2.12. The third kappa shape index (κ3) is 4.96. The molecule has 128 valence electrons. The van der Waals surface area contributed by atoms with Crippen molar-refractivity contribution in [3.63, 3.8) is 0 Å². The molecule has 0 spiro atoms. The van der Waals surface area contributed by atoms with Crippen LogP contribution in [0.2, 0.25) is 0 Å². The summed E-state index contributed by atoms with van der Waals surface area (Å²) in [5, 5.41) is 6.09. The Hall–Kier alpha value is -2.60. The number of rotatable bonds is 8. The van der Waals surface area contributed by atoms with E-state index in [1.54, 1.807) is 32.7 Å². The first-order valence-electron chi connectivity index (χ1n) is 7.78. The van der Waals surface area contributed by atoms with Crippen LogP contribution in [-0.4, -0.2) is 38.3 Å². The number of nitrogens with one attached hydrogen (secondary N) is 2. The number of hydrogen-bond acceptors (Lipinski definition) is 5. The lowest BCUT2D eigenvalue weighted by Crippen LogP contribution is -2.25. The van der Waals surface area contributed by atoms with Crippen LogP contribution in [0.25, 0.3) is 0 Å². The predicted octanol–water partition coefficient (Wildman–Crippen LogP) is 2.91. The molecular weight excluding hydrogens is 306 g/mol. The van der Waals surface area contributed by atoms with Gasteiger partial charge in [0.2, 0.25) is 0 Å². The monoisotopic (exact) mass is 329 g/mol. The zero-order valence-electron chi connectivity index (χ0n) is 14.3. The van der Waals surface area contributed by atoms with E-state index in [4.69, 9.17) is 9.47 Å². The fourth-order valence-electron chi connectivity index (χ4n) is 2.23. The summed E-state index contributed by atoms with van der Waals surface area (Å²) >= 11 is 0. The number of aromatic nitrogens is 1. The number of aryl methyl sites for hydroxylation is 1. The van der Waals surface area contributed by atoms with Gasteiger partial charge in [-0.3, -0.25) is 9.78 Å². The lowest BCUT2D eigenvalue weighted by atomic mass is 10.2. The molecule has 6 nitrogen and oxygen atoms in total. The molecule has 1 aromatic carbocycles. The van der Waals surface area contributed by atoms with Gasteiger partial charge in [0.05, 0.1) is 30.2 Å². The van der Waals surface area contributed by atoms with Crippen LogP contribution in [-0.2, 0) is 4.74 Å². The quantitative estimate of drug-likeness (QED) is 0.729. The highest BCUT2D eigenvalue weighted by Gasteiger charge is 2.08. The van der Waals surface area contributed by atoms with Crippen LogP contribution in [0.15, 0.2) is 36.7 Å². The average Bonchev–Trinajstić information content (AvgIpc) is 2.59. The van der Waals surface area contributed by atoms with Crippen LogP contribution in [0, 0.1) is 6.92 Å². The van der Waals surface area contributed by atoms with Crippen molar-refractivity contribution in [2.45, 2.75) is 13.3 Å². The smallest absolute Gasteiger partial charge is 0.252 e. The van der Waals surface area contributed by atoms with E-state index >= 15 is 0 Å². The Morgan fingerprint density at radius 1 is 1.21 bits per heavy atom. The van der Waals surface area contributed by atoms with Gasteiger partial charge in [-0.15, -0.1) is 0 Å². The van der Waals surface area contributed by atoms with Gasteiger partial charge < -0.3 is 20.1 Å². The normalized spacial score (nSPS) is 10.3. The molecule has 1 amide bonds. The summed E-state index contributed by atoms with van der Waals surface area (Å²) in [5.74, 6) is 0.577. The number of anilines is 2. The molecule has 0 aliphatic carbocycles. The van der Waals surface area contributed by atoms with E-state index in [0.717, 1.165) is 29.1 Å². The Kier molecular flexibility index (Phi) is 6.57. The third-order valence-corrected chi connectivity index (χ3v) is 3.45. The second kappa shape index (κ2) is 8.88. The van der Waals surface area contributed by atoms with Crippen molar-refractivity contribution in [2.24, 2.45) is 0 Å². The maximum atomic E-state index is 12.1. The number of amides is 1. The van der Waals surface area contributed by atoms with E-state index in [-0.39, 0.29) is 5.91 Å². The Balaban J connectivity index is 2.07. The van der Waals surface area contributed by atoms with Gasteiger partial charge in [-0.05, 0) is 37.1 Å². The van der Waals surface area contributed by atoms with Gasteiger partial charge in [0, 0.05) is 26.5 Å². The molecule has 2 N–H and O–H groups in total. The molecule has 24 heavy (non-hydrogen) atoms. The second-order valence-electron chi connectivity index (χ2n) is 5.39. The summed E-state index contributed by atoms with van der Waals surface area (Å²) < 4.78 is 10.3. The minimum atomic E-state index is -0.154. The van der Waals surface area contributed by atoms with Crippen LogP contribution in [0.1, 0.15) is 22.3 Å². The maximum absolute atomic E-state index is 12.1. The molecule has 6 heteroatoms. The fourth-order valence-corrected chi connectivity index (χ4v) is 2.23. The standard InChI is InChI=1S/C18H23N3O3/c1-13-5-6-17(24-3)16(9-13)21-15-10-14(11-19-12-15)18(22)20-7-4-8-23-2/h5-6,9-12,21H,4,7-8H2,1-3H3,(H,20,22). The van der Waals surface area contributed by atoms with Crippen molar-refractivity contribution in [3.05, 3.63) is 47.8 Å². The van der Waals surface area contributed by atoms with E-state index in [0.29, 0.717) is 18.7 Å². The fraction of sp³-hybridized carbons (Fsp3) is 0.333. The maximum Gasteiger partial charge on any atom is 0.252 e. The number of benzene rings is 1. The van der Waals surface area contributed by atoms with Crippen LogP contribution in [0.4, 0.5) is 11.4 Å². The zero-order valence-corrected chi connectivity index (χ0v) is 14.3. The molecule has 2 aromatic rings. The minimum Gasteiger partial charge on any atom is -0.495 e. The van der Waals surface area contributed by atoms with E-state index in [1.807, 2.05) is 25.1 Å². The summed E-state index contributed by atoms with van der Waals surface area (Å²) in [6.45, 7) is 3.19. The number of ether oxygens (including phenoxy) is 2. The molecule has 0 saturated carbocycles. The number of pyridine rings is 1. The Morgan fingerprint density at radius 3 is 2.79 bits per heavy atom. The number of carbonyl (C=O) groups is 1. The first-order valence-corrected chi connectivity index (χ1v) is 7.78. The van der Waals surface area contributed by atoms with Crippen LogP contribution < -0.4 is 15.4 Å². The molecule has 0 atom stereocenters. The minimum absolute atomic E-state index is 0.154. The first-order chi connectivity index (χ1) is 11.6. The van der Waals surface area contributed by atoms with Gasteiger partial charge in [0.1, 0.15) is 5.75 Å². The largest absolute Gasteiger partial charge is 0.495 e. The topological polar surface area (TPSA) is 72.5 Å². The van der Waals surface area contributed by atoms with Crippen molar-refractivity contribution >= 4 is 17.3 Å². The second-order valence-corrected chi connectivity index (χ2v) is 5.39. The molecule has 1 heterocycles. The van der Waals surface area contributed by atoms with Gasteiger partial charge in [-0.1, -0.05) is 6.07 Å². The van der Waals surface area contributed by atoms with Crippen LogP contribution in [0.3, 0.4) is 0 Å². The van der Waals surface area contributed by atoms with Crippen molar-refractivity contribution in [1.29, 1.82) is 0 Å².